The summed E-state index contributed by atoms with van der Waals surface area (Å²) in [5.41, 5.74) is 0.894. The van der Waals surface area contributed by atoms with E-state index in [1.165, 1.54) is 12.1 Å². The molecule has 0 spiro atoms. The highest BCUT2D eigenvalue weighted by Gasteiger charge is 2.20. The number of benzene rings is 1. The van der Waals surface area contributed by atoms with Gasteiger partial charge in [-0.15, -0.1) is 6.42 Å². The third-order valence-corrected chi connectivity index (χ3v) is 4.15. The number of hydrogen-bond acceptors (Lipinski definition) is 4. The minimum Gasteiger partial charge on any atom is -0.368 e. The zero-order valence-electron chi connectivity index (χ0n) is 10.8. The molecule has 1 aliphatic rings. The number of piperazine rings is 1. The first-order chi connectivity index (χ1) is 9.41. The normalized spacial score (nSPS) is 15.8. The van der Waals surface area contributed by atoms with Crippen LogP contribution in [0.4, 0.5) is 5.69 Å². The van der Waals surface area contributed by atoms with Gasteiger partial charge in [0.05, 0.1) is 4.90 Å². The average molecular weight is 293 g/mol. The topological polar surface area (TPSA) is 83.7 Å². The predicted octanol–water partition coefficient (Wildman–Crippen LogP) is -0.384. The van der Waals surface area contributed by atoms with Crippen molar-refractivity contribution in [2.75, 3.05) is 31.1 Å². The Morgan fingerprint density at radius 3 is 2.15 bits per heavy atom. The molecule has 1 heterocycles. The molecule has 0 aromatic heterocycles. The van der Waals surface area contributed by atoms with Gasteiger partial charge in [-0.2, -0.15) is 0 Å². The zero-order chi connectivity index (χ0) is 14.8. The van der Waals surface area contributed by atoms with Crippen molar-refractivity contribution >= 4 is 21.6 Å². The molecule has 0 unspecified atom stereocenters. The molecule has 1 amide bonds. The molecule has 1 aromatic rings. The fourth-order valence-electron chi connectivity index (χ4n) is 2.11. The highest BCUT2D eigenvalue weighted by Crippen LogP contribution is 2.18. The maximum absolute atomic E-state index is 11.4. The lowest BCUT2D eigenvalue weighted by Gasteiger charge is -2.35. The lowest BCUT2D eigenvalue weighted by atomic mass is 10.2. The number of nitrogens with zero attached hydrogens (tertiary/aromatic N) is 2. The van der Waals surface area contributed by atoms with E-state index in [-0.39, 0.29) is 10.8 Å². The quantitative estimate of drug-likeness (QED) is 0.753. The lowest BCUT2D eigenvalue weighted by Crippen LogP contribution is -2.48. The second-order valence-corrected chi connectivity index (χ2v) is 6.02. The zero-order valence-corrected chi connectivity index (χ0v) is 11.6. The van der Waals surface area contributed by atoms with Crippen molar-refractivity contribution in [3.63, 3.8) is 0 Å². The molecule has 0 saturated carbocycles. The Labute approximate surface area is 118 Å². The van der Waals surface area contributed by atoms with Crippen molar-refractivity contribution in [2.24, 2.45) is 5.14 Å². The molecule has 2 rings (SSSR count). The van der Waals surface area contributed by atoms with Gasteiger partial charge in [0.1, 0.15) is 0 Å². The van der Waals surface area contributed by atoms with E-state index in [2.05, 4.69) is 10.8 Å². The van der Waals surface area contributed by atoms with Crippen LogP contribution in [-0.2, 0) is 14.8 Å². The monoisotopic (exact) mass is 293 g/mol. The molecular formula is C13H15N3O3S. The number of carbonyl (C=O) groups excluding carboxylic acids is 1. The largest absolute Gasteiger partial charge is 0.368 e. The first kappa shape index (κ1) is 14.4. The first-order valence-electron chi connectivity index (χ1n) is 6.05. The molecule has 20 heavy (non-hydrogen) atoms. The summed E-state index contributed by atoms with van der Waals surface area (Å²) in [5, 5.41) is 5.05. The Morgan fingerprint density at radius 2 is 1.70 bits per heavy atom. The van der Waals surface area contributed by atoms with Gasteiger partial charge in [-0.25, -0.2) is 13.6 Å². The van der Waals surface area contributed by atoms with Crippen LogP contribution in [0.15, 0.2) is 29.2 Å². The number of carbonyl (C=O) groups is 1. The van der Waals surface area contributed by atoms with Crippen molar-refractivity contribution in [2.45, 2.75) is 4.90 Å². The van der Waals surface area contributed by atoms with Gasteiger partial charge in [0.25, 0.3) is 5.91 Å². The van der Waals surface area contributed by atoms with Crippen molar-refractivity contribution in [3.05, 3.63) is 24.3 Å². The number of anilines is 1. The summed E-state index contributed by atoms with van der Waals surface area (Å²) in [6.45, 7) is 2.42. The lowest BCUT2D eigenvalue weighted by molar-refractivity contribution is -0.125. The highest BCUT2D eigenvalue weighted by molar-refractivity contribution is 7.89. The minimum atomic E-state index is -3.67. The fraction of sp³-hybridized carbons (Fsp3) is 0.308. The van der Waals surface area contributed by atoms with Gasteiger partial charge in [-0.05, 0) is 30.2 Å². The van der Waals surface area contributed by atoms with Gasteiger partial charge in [-0.3, -0.25) is 4.79 Å². The molecule has 1 aliphatic heterocycles. The second-order valence-electron chi connectivity index (χ2n) is 4.46. The van der Waals surface area contributed by atoms with Crippen LogP contribution in [0.3, 0.4) is 0 Å². The summed E-state index contributed by atoms with van der Waals surface area (Å²) in [6, 6.07) is 6.37. The van der Waals surface area contributed by atoms with E-state index < -0.39 is 10.0 Å². The Balaban J connectivity index is 2.05. The molecule has 1 aromatic carbocycles. The highest BCUT2D eigenvalue weighted by atomic mass is 32.2. The molecule has 0 aliphatic carbocycles. The van der Waals surface area contributed by atoms with E-state index in [4.69, 9.17) is 11.6 Å². The van der Waals surface area contributed by atoms with Crippen LogP contribution >= 0.6 is 0 Å². The summed E-state index contributed by atoms with van der Waals surface area (Å²) in [4.78, 5) is 15.1. The molecule has 0 bridgehead atoms. The molecule has 6 nitrogen and oxygen atoms in total. The smallest absolute Gasteiger partial charge is 0.298 e. The summed E-state index contributed by atoms with van der Waals surface area (Å²) in [6.07, 6.45) is 5.08. The van der Waals surface area contributed by atoms with Gasteiger partial charge >= 0.3 is 0 Å². The standard InChI is InChI=1S/C13H15N3O3S/c1-2-13(17)16-9-7-15(8-10-16)11-3-5-12(6-4-11)20(14,18)19/h1,3-6H,7-10H2,(H2,14,18,19). The molecular weight excluding hydrogens is 278 g/mol. The molecule has 0 radical (unpaired) electrons. The summed E-state index contributed by atoms with van der Waals surface area (Å²) < 4.78 is 22.3. The fourth-order valence-corrected chi connectivity index (χ4v) is 2.62. The van der Waals surface area contributed by atoms with E-state index in [0.29, 0.717) is 26.2 Å². The van der Waals surface area contributed by atoms with Crippen molar-refractivity contribution in [1.29, 1.82) is 0 Å². The molecule has 0 atom stereocenters. The Bertz CT molecular complexity index is 638. The molecule has 1 fully saturated rings. The SMILES string of the molecule is C#CC(=O)N1CCN(c2ccc(S(N)(=O)=O)cc2)CC1. The third kappa shape index (κ3) is 3.10. The minimum absolute atomic E-state index is 0.0856. The number of hydrogen-bond donors (Lipinski definition) is 1. The van der Waals surface area contributed by atoms with Gasteiger partial charge in [0.15, 0.2) is 0 Å². The molecule has 7 heteroatoms. The summed E-state index contributed by atoms with van der Waals surface area (Å²) >= 11 is 0. The predicted molar refractivity (Wildman–Crippen MR) is 75.4 cm³/mol. The van der Waals surface area contributed by atoms with E-state index in [1.54, 1.807) is 17.0 Å². The van der Waals surface area contributed by atoms with Crippen LogP contribution in [0.25, 0.3) is 0 Å². The molecule has 106 valence electrons. The van der Waals surface area contributed by atoms with Gasteiger partial charge in [0.2, 0.25) is 10.0 Å². The van der Waals surface area contributed by atoms with Crippen LogP contribution in [0.2, 0.25) is 0 Å². The summed E-state index contributed by atoms with van der Waals surface area (Å²) in [5.74, 6) is 1.80. The van der Waals surface area contributed by atoms with Crippen LogP contribution in [0, 0.1) is 12.3 Å². The maximum Gasteiger partial charge on any atom is 0.298 e. The van der Waals surface area contributed by atoms with Crippen LogP contribution in [0.1, 0.15) is 0 Å². The number of sulfonamides is 1. The van der Waals surface area contributed by atoms with Crippen LogP contribution in [-0.4, -0.2) is 45.4 Å². The van der Waals surface area contributed by atoms with E-state index in [1.807, 2.05) is 0 Å². The number of terminal acetylenes is 1. The number of nitrogens with two attached hydrogens (primary N) is 1. The Hall–Kier alpha value is -2.04. The van der Waals surface area contributed by atoms with Gasteiger partial charge in [0, 0.05) is 31.9 Å². The van der Waals surface area contributed by atoms with Crippen molar-refractivity contribution in [3.8, 4) is 12.3 Å². The van der Waals surface area contributed by atoms with E-state index in [0.717, 1.165) is 5.69 Å². The van der Waals surface area contributed by atoms with E-state index >= 15 is 0 Å². The number of amides is 1. The Morgan fingerprint density at radius 1 is 1.15 bits per heavy atom. The molecule has 2 N–H and O–H groups in total. The van der Waals surface area contributed by atoms with Crippen molar-refractivity contribution in [1.82, 2.24) is 4.90 Å². The maximum atomic E-state index is 11.4. The van der Waals surface area contributed by atoms with E-state index in [9.17, 15) is 13.2 Å². The number of rotatable bonds is 2. The van der Waals surface area contributed by atoms with Gasteiger partial charge in [-0.1, -0.05) is 0 Å². The van der Waals surface area contributed by atoms with Crippen LogP contribution < -0.4 is 10.0 Å². The third-order valence-electron chi connectivity index (χ3n) is 3.22. The second kappa shape index (κ2) is 5.53. The molecule has 1 saturated heterocycles. The number of primary sulfonamides is 1. The van der Waals surface area contributed by atoms with Crippen molar-refractivity contribution < 1.29 is 13.2 Å². The van der Waals surface area contributed by atoms with Gasteiger partial charge < -0.3 is 9.80 Å². The average Bonchev–Trinajstić information content (AvgIpc) is 2.46. The first-order valence-corrected chi connectivity index (χ1v) is 7.60. The van der Waals surface area contributed by atoms with Crippen LogP contribution in [0.5, 0.6) is 0 Å². The summed E-state index contributed by atoms with van der Waals surface area (Å²) in [7, 11) is -3.67. The Kier molecular flexibility index (Phi) is 3.97.